The molecule has 0 saturated heterocycles. The standard InChI is InChI=1S/C24H25NO4/c26-23(27)22(14-16-8-2-1-3-9-16)25-24(28)29-15-21-19-12-6-4-10-17(19)18-11-5-7-13-20(18)21/h2,4-8,10-13,16,21-22H,1,3,9,14-15H2,(H,25,28)(H,26,27). The summed E-state index contributed by atoms with van der Waals surface area (Å²) < 4.78 is 5.48. The maximum absolute atomic E-state index is 12.4. The first-order valence-electron chi connectivity index (χ1n) is 10.1. The van der Waals surface area contributed by atoms with Gasteiger partial charge < -0.3 is 15.2 Å². The number of allylic oxidation sites excluding steroid dienone is 2. The zero-order chi connectivity index (χ0) is 20.2. The highest BCUT2D eigenvalue weighted by Crippen LogP contribution is 2.44. The molecule has 0 aliphatic heterocycles. The van der Waals surface area contributed by atoms with Crippen molar-refractivity contribution in [2.75, 3.05) is 6.61 Å². The molecule has 5 nitrogen and oxygen atoms in total. The van der Waals surface area contributed by atoms with Crippen LogP contribution in [0.3, 0.4) is 0 Å². The molecule has 2 aliphatic carbocycles. The number of alkyl carbamates (subject to hydrolysis) is 1. The molecular formula is C24H25NO4. The van der Waals surface area contributed by atoms with Crippen LogP contribution in [0, 0.1) is 5.92 Å². The number of hydrogen-bond donors (Lipinski definition) is 2. The number of carboxylic acid groups (broad SMARTS) is 1. The Kier molecular flexibility index (Phi) is 5.65. The van der Waals surface area contributed by atoms with Crippen molar-refractivity contribution in [3.05, 3.63) is 71.8 Å². The van der Waals surface area contributed by atoms with E-state index in [0.29, 0.717) is 6.42 Å². The predicted molar refractivity (Wildman–Crippen MR) is 111 cm³/mol. The van der Waals surface area contributed by atoms with Crippen molar-refractivity contribution in [3.8, 4) is 11.1 Å². The number of benzene rings is 2. The van der Waals surface area contributed by atoms with Crippen LogP contribution in [0.1, 0.15) is 42.7 Å². The van der Waals surface area contributed by atoms with Gasteiger partial charge in [-0.3, -0.25) is 0 Å². The molecule has 2 aromatic carbocycles. The number of hydrogen-bond acceptors (Lipinski definition) is 3. The van der Waals surface area contributed by atoms with E-state index in [1.807, 2.05) is 24.3 Å². The zero-order valence-electron chi connectivity index (χ0n) is 16.2. The molecule has 2 aliphatic rings. The van der Waals surface area contributed by atoms with Gasteiger partial charge in [-0.1, -0.05) is 60.7 Å². The van der Waals surface area contributed by atoms with Crippen molar-refractivity contribution >= 4 is 12.1 Å². The first-order chi connectivity index (χ1) is 14.1. The van der Waals surface area contributed by atoms with Crippen LogP contribution in [-0.4, -0.2) is 29.8 Å². The molecule has 0 heterocycles. The van der Waals surface area contributed by atoms with Crippen molar-refractivity contribution in [1.29, 1.82) is 0 Å². The Balaban J connectivity index is 1.41. The second kappa shape index (κ2) is 8.52. The van der Waals surface area contributed by atoms with E-state index in [2.05, 4.69) is 41.7 Å². The molecule has 0 saturated carbocycles. The van der Waals surface area contributed by atoms with Gasteiger partial charge in [-0.15, -0.1) is 0 Å². The fourth-order valence-corrected chi connectivity index (χ4v) is 4.39. The first kappa shape index (κ1) is 19.2. The summed E-state index contributed by atoms with van der Waals surface area (Å²) >= 11 is 0. The number of carboxylic acids is 1. The minimum atomic E-state index is -1.03. The molecule has 2 unspecified atom stereocenters. The summed E-state index contributed by atoms with van der Waals surface area (Å²) in [5.41, 5.74) is 4.57. The van der Waals surface area contributed by atoms with E-state index in [9.17, 15) is 14.7 Å². The van der Waals surface area contributed by atoms with Gasteiger partial charge in [0, 0.05) is 5.92 Å². The highest BCUT2D eigenvalue weighted by molar-refractivity contribution is 5.81. The molecule has 0 aromatic heterocycles. The van der Waals surface area contributed by atoms with E-state index in [4.69, 9.17) is 4.74 Å². The summed E-state index contributed by atoms with van der Waals surface area (Å²) in [6.07, 6.45) is 6.88. The van der Waals surface area contributed by atoms with Crippen molar-refractivity contribution in [3.63, 3.8) is 0 Å². The largest absolute Gasteiger partial charge is 0.480 e. The lowest BCUT2D eigenvalue weighted by Gasteiger charge is -2.22. The molecule has 2 N–H and O–H groups in total. The summed E-state index contributed by atoms with van der Waals surface area (Å²) in [5, 5.41) is 12.0. The lowest BCUT2D eigenvalue weighted by Crippen LogP contribution is -2.42. The summed E-state index contributed by atoms with van der Waals surface area (Å²) in [5.74, 6) is -0.895. The Morgan fingerprint density at radius 2 is 1.72 bits per heavy atom. The Morgan fingerprint density at radius 3 is 2.31 bits per heavy atom. The second-order valence-corrected chi connectivity index (χ2v) is 7.72. The SMILES string of the molecule is O=C(NC(CC1C=CCCC1)C(=O)O)OCC1c2ccccc2-c2ccccc21. The predicted octanol–water partition coefficient (Wildman–Crippen LogP) is 4.72. The van der Waals surface area contributed by atoms with E-state index < -0.39 is 18.1 Å². The minimum Gasteiger partial charge on any atom is -0.480 e. The van der Waals surface area contributed by atoms with Gasteiger partial charge in [0.15, 0.2) is 0 Å². The molecule has 2 atom stereocenters. The summed E-state index contributed by atoms with van der Waals surface area (Å²) in [4.78, 5) is 24.0. The Hall–Kier alpha value is -3.08. The van der Waals surface area contributed by atoms with Gasteiger partial charge >= 0.3 is 12.1 Å². The Bertz CT molecular complexity index is 890. The molecule has 5 heteroatoms. The number of fused-ring (bicyclic) bond motifs is 3. The van der Waals surface area contributed by atoms with E-state index in [-0.39, 0.29) is 18.4 Å². The van der Waals surface area contributed by atoms with Crippen molar-refractivity contribution in [2.45, 2.75) is 37.6 Å². The number of carbonyl (C=O) groups is 2. The van der Waals surface area contributed by atoms with Gasteiger partial charge in [-0.25, -0.2) is 9.59 Å². The molecular weight excluding hydrogens is 366 g/mol. The van der Waals surface area contributed by atoms with Crippen LogP contribution >= 0.6 is 0 Å². The van der Waals surface area contributed by atoms with Crippen LogP contribution in [0.25, 0.3) is 11.1 Å². The normalized spacial score (nSPS) is 18.6. The molecule has 29 heavy (non-hydrogen) atoms. The molecule has 4 rings (SSSR count). The smallest absolute Gasteiger partial charge is 0.407 e. The lowest BCUT2D eigenvalue weighted by atomic mass is 9.90. The summed E-state index contributed by atoms with van der Waals surface area (Å²) in [7, 11) is 0. The molecule has 150 valence electrons. The highest BCUT2D eigenvalue weighted by atomic mass is 16.5. The minimum absolute atomic E-state index is 0.0438. The maximum Gasteiger partial charge on any atom is 0.407 e. The third-order valence-corrected chi connectivity index (χ3v) is 5.83. The van der Waals surface area contributed by atoms with Crippen molar-refractivity contribution < 1.29 is 19.4 Å². The van der Waals surface area contributed by atoms with Gasteiger partial charge in [0.05, 0.1) is 0 Å². The Morgan fingerprint density at radius 1 is 1.07 bits per heavy atom. The fourth-order valence-electron chi connectivity index (χ4n) is 4.39. The molecule has 0 fully saturated rings. The van der Waals surface area contributed by atoms with E-state index in [0.717, 1.165) is 41.5 Å². The van der Waals surface area contributed by atoms with Gasteiger partial charge in [0.2, 0.25) is 0 Å². The van der Waals surface area contributed by atoms with Gasteiger partial charge in [-0.05, 0) is 53.9 Å². The van der Waals surface area contributed by atoms with Crippen LogP contribution in [0.15, 0.2) is 60.7 Å². The molecule has 2 aromatic rings. The van der Waals surface area contributed by atoms with Crippen LogP contribution in [0.4, 0.5) is 4.79 Å². The van der Waals surface area contributed by atoms with Crippen LogP contribution in [0.5, 0.6) is 0 Å². The van der Waals surface area contributed by atoms with Gasteiger partial charge in [0.1, 0.15) is 12.6 Å². The number of rotatable bonds is 6. The second-order valence-electron chi connectivity index (χ2n) is 7.72. The molecule has 0 spiro atoms. The Labute approximate surface area is 170 Å². The van der Waals surface area contributed by atoms with E-state index in [1.165, 1.54) is 0 Å². The number of ether oxygens (including phenoxy) is 1. The summed E-state index contributed by atoms with van der Waals surface area (Å²) in [6, 6.07) is 15.3. The van der Waals surface area contributed by atoms with E-state index >= 15 is 0 Å². The molecule has 0 bridgehead atoms. The topological polar surface area (TPSA) is 75.6 Å². The van der Waals surface area contributed by atoms with Gasteiger partial charge in [-0.2, -0.15) is 0 Å². The van der Waals surface area contributed by atoms with Crippen molar-refractivity contribution in [2.24, 2.45) is 5.92 Å². The molecule has 1 amide bonds. The van der Waals surface area contributed by atoms with Crippen molar-refractivity contribution in [1.82, 2.24) is 5.32 Å². The number of carbonyl (C=O) groups excluding carboxylic acids is 1. The van der Waals surface area contributed by atoms with Gasteiger partial charge in [0.25, 0.3) is 0 Å². The van der Waals surface area contributed by atoms with E-state index in [1.54, 1.807) is 0 Å². The number of aliphatic carboxylic acids is 1. The summed E-state index contributed by atoms with van der Waals surface area (Å²) in [6.45, 7) is 0.176. The number of nitrogens with one attached hydrogen (secondary N) is 1. The van der Waals surface area contributed by atoms with Crippen LogP contribution in [-0.2, 0) is 9.53 Å². The first-order valence-corrected chi connectivity index (χ1v) is 10.1. The van der Waals surface area contributed by atoms with Crippen LogP contribution < -0.4 is 5.32 Å². The number of amides is 1. The lowest BCUT2D eigenvalue weighted by molar-refractivity contribution is -0.139. The maximum atomic E-state index is 12.4. The fraction of sp³-hybridized carbons (Fsp3) is 0.333. The van der Waals surface area contributed by atoms with Crippen LogP contribution in [0.2, 0.25) is 0 Å². The monoisotopic (exact) mass is 391 g/mol. The quantitative estimate of drug-likeness (QED) is 0.699. The third-order valence-electron chi connectivity index (χ3n) is 5.83. The zero-order valence-corrected chi connectivity index (χ0v) is 16.2. The highest BCUT2D eigenvalue weighted by Gasteiger charge is 2.30. The average molecular weight is 391 g/mol. The third kappa shape index (κ3) is 4.19. The molecule has 0 radical (unpaired) electrons. The average Bonchev–Trinajstić information content (AvgIpc) is 3.06.